The number of thioether (sulfide) groups is 1. The van der Waals surface area contributed by atoms with Gasteiger partial charge in [0.1, 0.15) is 6.04 Å². The molecule has 1 saturated carbocycles. The van der Waals surface area contributed by atoms with E-state index in [-0.39, 0.29) is 30.2 Å². The molecular weight excluding hydrogens is 487 g/mol. The monoisotopic (exact) mass is 512 g/mol. The molecule has 0 saturated heterocycles. The van der Waals surface area contributed by atoms with E-state index in [9.17, 15) is 9.59 Å². The lowest BCUT2D eigenvalue weighted by molar-refractivity contribution is -0.138. The molecule has 4 nitrogen and oxygen atoms in total. The number of rotatable bonds is 9. The van der Waals surface area contributed by atoms with Crippen LogP contribution in [0.15, 0.2) is 42.5 Å². The number of nitrogens with zero attached hydrogens (tertiary/aromatic N) is 1. The second-order valence-corrected chi connectivity index (χ2v) is 10.2. The molecule has 1 N–H and O–H groups in total. The van der Waals surface area contributed by atoms with E-state index in [2.05, 4.69) is 5.32 Å². The third-order valence-electron chi connectivity index (χ3n) is 5.64. The number of halogens is 3. The molecule has 8 heteroatoms. The van der Waals surface area contributed by atoms with Crippen molar-refractivity contribution in [1.82, 2.24) is 10.2 Å². The first-order chi connectivity index (χ1) is 15.3. The van der Waals surface area contributed by atoms with Crippen LogP contribution in [0.1, 0.15) is 43.7 Å². The zero-order chi connectivity index (χ0) is 23.1. The van der Waals surface area contributed by atoms with Crippen molar-refractivity contribution >= 4 is 58.4 Å². The Hall–Kier alpha value is -1.40. The van der Waals surface area contributed by atoms with E-state index in [1.54, 1.807) is 30.0 Å². The Balaban J connectivity index is 1.70. The molecule has 1 aliphatic carbocycles. The van der Waals surface area contributed by atoms with Crippen LogP contribution >= 0.6 is 46.6 Å². The third kappa shape index (κ3) is 7.05. The fraction of sp³-hybridized carbons (Fsp3) is 0.417. The minimum absolute atomic E-state index is 0.137. The maximum atomic E-state index is 13.2. The van der Waals surface area contributed by atoms with Crippen molar-refractivity contribution in [3.63, 3.8) is 0 Å². The van der Waals surface area contributed by atoms with Crippen LogP contribution in [-0.2, 0) is 21.9 Å². The molecule has 1 fully saturated rings. The Labute approximate surface area is 209 Å². The highest BCUT2D eigenvalue weighted by atomic mass is 35.5. The SMILES string of the molecule is C[C@H](C(=O)NC1CCCC1)N(Cc1c(Cl)cccc1Cl)C(=O)CSCc1cccc(Cl)c1. The molecule has 0 unspecified atom stereocenters. The van der Waals surface area contributed by atoms with Crippen LogP contribution in [0.25, 0.3) is 0 Å². The molecule has 0 spiro atoms. The lowest BCUT2D eigenvalue weighted by Crippen LogP contribution is -2.50. The molecule has 32 heavy (non-hydrogen) atoms. The van der Waals surface area contributed by atoms with Crippen molar-refractivity contribution in [3.8, 4) is 0 Å². The predicted octanol–water partition coefficient (Wildman–Crippen LogP) is 6.36. The van der Waals surface area contributed by atoms with Crippen LogP contribution in [-0.4, -0.2) is 34.6 Å². The van der Waals surface area contributed by atoms with Crippen LogP contribution in [0.3, 0.4) is 0 Å². The first-order valence-corrected chi connectivity index (χ1v) is 13.0. The van der Waals surface area contributed by atoms with E-state index in [0.717, 1.165) is 31.2 Å². The number of amides is 2. The molecule has 1 atom stereocenters. The molecule has 2 aromatic rings. The minimum Gasteiger partial charge on any atom is -0.352 e. The van der Waals surface area contributed by atoms with E-state index >= 15 is 0 Å². The number of hydrogen-bond acceptors (Lipinski definition) is 3. The quantitative estimate of drug-likeness (QED) is 0.425. The van der Waals surface area contributed by atoms with Gasteiger partial charge in [-0.1, -0.05) is 65.8 Å². The third-order valence-corrected chi connectivity index (χ3v) is 7.57. The fourth-order valence-electron chi connectivity index (χ4n) is 3.79. The molecule has 2 amide bonds. The fourth-order valence-corrected chi connectivity index (χ4v) is 5.38. The van der Waals surface area contributed by atoms with Crippen LogP contribution in [0, 0.1) is 0 Å². The molecule has 0 aliphatic heterocycles. The summed E-state index contributed by atoms with van der Waals surface area (Å²) in [4.78, 5) is 27.7. The van der Waals surface area contributed by atoms with Gasteiger partial charge in [0.15, 0.2) is 0 Å². The predicted molar refractivity (Wildman–Crippen MR) is 134 cm³/mol. The second kappa shape index (κ2) is 12.2. The average molecular weight is 514 g/mol. The smallest absolute Gasteiger partial charge is 0.242 e. The molecule has 1 aliphatic rings. The van der Waals surface area contributed by atoms with Crippen molar-refractivity contribution in [2.75, 3.05) is 5.75 Å². The molecule has 2 aromatic carbocycles. The van der Waals surface area contributed by atoms with Gasteiger partial charge in [-0.3, -0.25) is 9.59 Å². The zero-order valence-electron chi connectivity index (χ0n) is 18.0. The number of benzene rings is 2. The summed E-state index contributed by atoms with van der Waals surface area (Å²) in [6.45, 7) is 1.93. The van der Waals surface area contributed by atoms with Gasteiger partial charge in [-0.05, 0) is 49.6 Å². The summed E-state index contributed by atoms with van der Waals surface area (Å²) in [5.74, 6) is 0.598. The summed E-state index contributed by atoms with van der Waals surface area (Å²) in [5, 5.41) is 4.72. The maximum absolute atomic E-state index is 13.2. The highest BCUT2D eigenvalue weighted by molar-refractivity contribution is 7.99. The standard InChI is InChI=1S/C24H27Cl3N2O2S/c1-16(24(31)28-19-8-2-3-9-19)29(13-20-21(26)10-5-11-22(20)27)23(30)15-32-14-17-6-4-7-18(25)12-17/h4-7,10-12,16,19H,2-3,8-9,13-15H2,1H3,(H,28,31)/t16-/m1/s1. The Morgan fingerprint density at radius 1 is 1.09 bits per heavy atom. The van der Waals surface area contributed by atoms with E-state index in [1.165, 1.54) is 11.8 Å². The lowest BCUT2D eigenvalue weighted by Gasteiger charge is -2.30. The molecule has 0 bridgehead atoms. The Kier molecular flexibility index (Phi) is 9.60. The first kappa shape index (κ1) is 25.2. The van der Waals surface area contributed by atoms with Crippen molar-refractivity contribution in [2.45, 2.75) is 57.0 Å². The minimum atomic E-state index is -0.637. The van der Waals surface area contributed by atoms with Gasteiger partial charge in [0.2, 0.25) is 11.8 Å². The Bertz CT molecular complexity index is 930. The summed E-state index contributed by atoms with van der Waals surface area (Å²) in [7, 11) is 0. The Morgan fingerprint density at radius 2 is 1.75 bits per heavy atom. The highest BCUT2D eigenvalue weighted by Gasteiger charge is 2.29. The van der Waals surface area contributed by atoms with Crippen molar-refractivity contribution in [3.05, 3.63) is 68.7 Å². The van der Waals surface area contributed by atoms with E-state index in [0.29, 0.717) is 26.4 Å². The average Bonchev–Trinajstić information content (AvgIpc) is 3.26. The van der Waals surface area contributed by atoms with Crippen molar-refractivity contribution < 1.29 is 9.59 Å². The number of nitrogens with one attached hydrogen (secondary N) is 1. The molecular formula is C24H27Cl3N2O2S. The summed E-state index contributed by atoms with van der Waals surface area (Å²) in [5.41, 5.74) is 1.69. The van der Waals surface area contributed by atoms with E-state index in [1.807, 2.05) is 24.3 Å². The van der Waals surface area contributed by atoms with Gasteiger partial charge in [0.05, 0.1) is 5.75 Å². The summed E-state index contributed by atoms with van der Waals surface area (Å²) < 4.78 is 0. The van der Waals surface area contributed by atoms with Crippen LogP contribution in [0.5, 0.6) is 0 Å². The van der Waals surface area contributed by atoms with Gasteiger partial charge in [0, 0.05) is 39.0 Å². The second-order valence-electron chi connectivity index (χ2n) is 8.01. The normalized spacial score (nSPS) is 14.9. The van der Waals surface area contributed by atoms with Gasteiger partial charge in [-0.25, -0.2) is 0 Å². The van der Waals surface area contributed by atoms with Crippen molar-refractivity contribution in [1.29, 1.82) is 0 Å². The maximum Gasteiger partial charge on any atom is 0.242 e. The van der Waals surface area contributed by atoms with E-state index < -0.39 is 6.04 Å². The summed E-state index contributed by atoms with van der Waals surface area (Å²) >= 11 is 20.3. The lowest BCUT2D eigenvalue weighted by atomic mass is 10.1. The first-order valence-electron chi connectivity index (χ1n) is 10.7. The number of carbonyl (C=O) groups excluding carboxylic acids is 2. The largest absolute Gasteiger partial charge is 0.352 e. The van der Waals surface area contributed by atoms with E-state index in [4.69, 9.17) is 34.8 Å². The van der Waals surface area contributed by atoms with Gasteiger partial charge in [0.25, 0.3) is 0 Å². The molecule has 3 rings (SSSR count). The van der Waals surface area contributed by atoms with Gasteiger partial charge in [-0.15, -0.1) is 11.8 Å². The highest BCUT2D eigenvalue weighted by Crippen LogP contribution is 2.27. The summed E-state index contributed by atoms with van der Waals surface area (Å²) in [6, 6.07) is 12.4. The van der Waals surface area contributed by atoms with Gasteiger partial charge >= 0.3 is 0 Å². The topological polar surface area (TPSA) is 49.4 Å². The molecule has 172 valence electrons. The zero-order valence-corrected chi connectivity index (χ0v) is 21.0. The molecule has 0 aromatic heterocycles. The van der Waals surface area contributed by atoms with Gasteiger partial charge in [-0.2, -0.15) is 0 Å². The molecule has 0 radical (unpaired) electrons. The molecule has 0 heterocycles. The van der Waals surface area contributed by atoms with Crippen LogP contribution in [0.2, 0.25) is 15.1 Å². The Morgan fingerprint density at radius 3 is 2.41 bits per heavy atom. The number of carbonyl (C=O) groups is 2. The number of hydrogen-bond donors (Lipinski definition) is 1. The van der Waals surface area contributed by atoms with Gasteiger partial charge < -0.3 is 10.2 Å². The van der Waals surface area contributed by atoms with Crippen LogP contribution < -0.4 is 5.32 Å². The summed E-state index contributed by atoms with van der Waals surface area (Å²) in [6.07, 6.45) is 4.21. The van der Waals surface area contributed by atoms with Crippen LogP contribution in [0.4, 0.5) is 0 Å². The van der Waals surface area contributed by atoms with Crippen molar-refractivity contribution in [2.24, 2.45) is 0 Å².